The molecule has 0 spiro atoms. The van der Waals surface area contributed by atoms with Crippen LogP contribution in [0.2, 0.25) is 0 Å². The average Bonchev–Trinajstić information content (AvgIpc) is 2.36. The molecule has 0 aliphatic carbocycles. The number of carbonyl (C=O) groups is 2. The van der Waals surface area contributed by atoms with Crippen LogP contribution in [0.15, 0.2) is 14.6 Å². The molecular formula is C10H14N4O5S. The zero-order valence-electron chi connectivity index (χ0n) is 11.1. The number of rotatable bonds is 5. The second kappa shape index (κ2) is 6.37. The van der Waals surface area contributed by atoms with Crippen LogP contribution in [-0.2, 0) is 23.7 Å². The van der Waals surface area contributed by atoms with Crippen molar-refractivity contribution in [2.45, 2.75) is 18.0 Å². The summed E-state index contributed by atoms with van der Waals surface area (Å²) in [6, 6.07) is -1.14. The summed E-state index contributed by atoms with van der Waals surface area (Å²) in [7, 11) is 2.69. The molecule has 1 aromatic heterocycles. The third-order valence-electron chi connectivity index (χ3n) is 2.35. The highest BCUT2D eigenvalue weighted by Crippen LogP contribution is 2.10. The summed E-state index contributed by atoms with van der Waals surface area (Å²) >= 11 is 0.863. The summed E-state index contributed by atoms with van der Waals surface area (Å²) < 4.78 is 1.86. The van der Waals surface area contributed by atoms with Crippen LogP contribution in [0.5, 0.6) is 0 Å². The van der Waals surface area contributed by atoms with Crippen LogP contribution in [0.3, 0.4) is 0 Å². The molecule has 0 radical (unpaired) electrons. The van der Waals surface area contributed by atoms with E-state index in [1.54, 1.807) is 0 Å². The van der Waals surface area contributed by atoms with E-state index < -0.39 is 29.2 Å². The predicted octanol–water partition coefficient (Wildman–Crippen LogP) is -1.84. The Bertz CT molecular complexity index is 650. The number of carbonyl (C=O) groups excluding carboxylic acids is 1. The van der Waals surface area contributed by atoms with E-state index in [4.69, 9.17) is 5.11 Å². The van der Waals surface area contributed by atoms with Gasteiger partial charge in [0.1, 0.15) is 6.04 Å². The quantitative estimate of drug-likeness (QED) is 0.613. The van der Waals surface area contributed by atoms with Gasteiger partial charge in [0.05, 0.1) is 0 Å². The van der Waals surface area contributed by atoms with Gasteiger partial charge in [-0.1, -0.05) is 11.8 Å². The van der Waals surface area contributed by atoms with Gasteiger partial charge in [-0.15, -0.1) is 0 Å². The van der Waals surface area contributed by atoms with Crippen LogP contribution in [0.25, 0.3) is 0 Å². The molecule has 110 valence electrons. The van der Waals surface area contributed by atoms with Crippen molar-refractivity contribution in [3.8, 4) is 0 Å². The van der Waals surface area contributed by atoms with E-state index in [9.17, 15) is 19.2 Å². The summed E-state index contributed by atoms with van der Waals surface area (Å²) in [5.41, 5.74) is -1.18. The van der Waals surface area contributed by atoms with Gasteiger partial charge < -0.3 is 10.4 Å². The van der Waals surface area contributed by atoms with E-state index in [-0.39, 0.29) is 10.8 Å². The third kappa shape index (κ3) is 3.70. The summed E-state index contributed by atoms with van der Waals surface area (Å²) in [5.74, 6) is -1.77. The fraction of sp³-hybridized carbons (Fsp3) is 0.500. The minimum atomic E-state index is -1.21. The van der Waals surface area contributed by atoms with Gasteiger partial charge >= 0.3 is 11.7 Å². The van der Waals surface area contributed by atoms with Crippen molar-refractivity contribution in [3.63, 3.8) is 0 Å². The second-order valence-electron chi connectivity index (χ2n) is 3.98. The summed E-state index contributed by atoms with van der Waals surface area (Å²) in [6.07, 6.45) is 0. The van der Waals surface area contributed by atoms with Gasteiger partial charge in [-0.2, -0.15) is 5.10 Å². The van der Waals surface area contributed by atoms with E-state index in [0.29, 0.717) is 0 Å². The topological polar surface area (TPSA) is 123 Å². The number of aromatic nitrogens is 3. The van der Waals surface area contributed by atoms with Gasteiger partial charge in [-0.3, -0.25) is 14.2 Å². The zero-order chi connectivity index (χ0) is 15.4. The van der Waals surface area contributed by atoms with Crippen LogP contribution in [-0.4, -0.2) is 43.1 Å². The minimum absolute atomic E-state index is 0.00815. The second-order valence-corrected chi connectivity index (χ2v) is 4.99. The van der Waals surface area contributed by atoms with Gasteiger partial charge in [0.2, 0.25) is 5.91 Å². The van der Waals surface area contributed by atoms with E-state index in [0.717, 1.165) is 21.0 Å². The first-order valence-corrected chi connectivity index (χ1v) is 6.49. The molecule has 0 saturated carbocycles. The van der Waals surface area contributed by atoms with Gasteiger partial charge in [0, 0.05) is 26.8 Å². The molecule has 0 aliphatic heterocycles. The van der Waals surface area contributed by atoms with Crippen molar-refractivity contribution < 1.29 is 14.7 Å². The maximum absolute atomic E-state index is 11.8. The summed E-state index contributed by atoms with van der Waals surface area (Å²) in [4.78, 5) is 45.0. The normalized spacial score (nSPS) is 11.9. The maximum atomic E-state index is 11.8. The SMILES string of the molecule is CC(=O)N[C@@H](CSc1nn(C)c(=O)n(C)c1=O)C(=O)O. The molecule has 1 atom stereocenters. The lowest BCUT2D eigenvalue weighted by atomic mass is 10.3. The monoisotopic (exact) mass is 302 g/mol. The molecule has 0 saturated heterocycles. The molecule has 0 aromatic carbocycles. The predicted molar refractivity (Wildman–Crippen MR) is 70.7 cm³/mol. The molecule has 0 fully saturated rings. The molecule has 10 heteroatoms. The molecule has 0 aliphatic rings. The standard InChI is InChI=1S/C10H14N4O5S/c1-5(15)11-6(9(17)18)4-20-7-8(16)13(2)10(19)14(3)12-7/h6H,4H2,1-3H3,(H,11,15)(H,17,18)/t6-/m0/s1. The Hall–Kier alpha value is -2.10. The van der Waals surface area contributed by atoms with Crippen molar-refractivity contribution in [1.29, 1.82) is 0 Å². The van der Waals surface area contributed by atoms with Gasteiger partial charge in [-0.05, 0) is 0 Å². The first-order valence-electron chi connectivity index (χ1n) is 5.51. The van der Waals surface area contributed by atoms with E-state index in [1.165, 1.54) is 21.0 Å². The Morgan fingerprint density at radius 3 is 2.50 bits per heavy atom. The third-order valence-corrected chi connectivity index (χ3v) is 3.38. The molecule has 20 heavy (non-hydrogen) atoms. The van der Waals surface area contributed by atoms with Crippen molar-refractivity contribution in [2.24, 2.45) is 14.1 Å². The smallest absolute Gasteiger partial charge is 0.346 e. The first kappa shape index (κ1) is 16.0. The molecule has 2 N–H and O–H groups in total. The van der Waals surface area contributed by atoms with Crippen LogP contribution in [0, 0.1) is 0 Å². The summed E-state index contributed by atoms with van der Waals surface area (Å²) in [6.45, 7) is 1.20. The number of hydrogen-bond donors (Lipinski definition) is 2. The average molecular weight is 302 g/mol. The number of aryl methyl sites for hydroxylation is 1. The molecule has 1 rings (SSSR count). The van der Waals surface area contributed by atoms with Gasteiger partial charge in [0.15, 0.2) is 5.03 Å². The zero-order valence-corrected chi connectivity index (χ0v) is 11.9. The van der Waals surface area contributed by atoms with E-state index in [1.807, 2.05) is 0 Å². The number of thioether (sulfide) groups is 1. The number of carboxylic acids is 1. The van der Waals surface area contributed by atoms with Crippen LogP contribution in [0.1, 0.15) is 6.92 Å². The minimum Gasteiger partial charge on any atom is -0.480 e. The Labute approximate surface area is 117 Å². The lowest BCUT2D eigenvalue weighted by Crippen LogP contribution is -2.42. The Kier molecular flexibility index (Phi) is 5.08. The molecule has 0 bridgehead atoms. The van der Waals surface area contributed by atoms with Crippen molar-refractivity contribution in [1.82, 2.24) is 19.7 Å². The first-order chi connectivity index (χ1) is 9.23. The molecular weight excluding hydrogens is 288 g/mol. The number of nitrogens with zero attached hydrogens (tertiary/aromatic N) is 3. The van der Waals surface area contributed by atoms with Crippen LogP contribution in [0.4, 0.5) is 0 Å². The van der Waals surface area contributed by atoms with Crippen LogP contribution < -0.4 is 16.6 Å². The van der Waals surface area contributed by atoms with Crippen molar-refractivity contribution >= 4 is 23.6 Å². The fourth-order valence-electron chi connectivity index (χ4n) is 1.34. The Morgan fingerprint density at radius 2 is 2.00 bits per heavy atom. The highest BCUT2D eigenvalue weighted by atomic mass is 32.2. The van der Waals surface area contributed by atoms with E-state index in [2.05, 4.69) is 10.4 Å². The van der Waals surface area contributed by atoms with Crippen molar-refractivity contribution in [2.75, 3.05) is 5.75 Å². The molecule has 1 aromatic rings. The van der Waals surface area contributed by atoms with Crippen LogP contribution >= 0.6 is 11.8 Å². The number of aliphatic carboxylic acids is 1. The number of hydrogen-bond acceptors (Lipinski definition) is 6. The number of carboxylic acid groups (broad SMARTS) is 1. The fourth-order valence-corrected chi connectivity index (χ4v) is 2.33. The molecule has 9 nitrogen and oxygen atoms in total. The highest BCUT2D eigenvalue weighted by molar-refractivity contribution is 7.99. The molecule has 1 amide bonds. The Balaban J connectivity index is 2.94. The Morgan fingerprint density at radius 1 is 1.40 bits per heavy atom. The number of amides is 1. The lowest BCUT2D eigenvalue weighted by Gasteiger charge is -2.12. The molecule has 1 heterocycles. The highest BCUT2D eigenvalue weighted by Gasteiger charge is 2.20. The lowest BCUT2D eigenvalue weighted by molar-refractivity contribution is -0.140. The van der Waals surface area contributed by atoms with Gasteiger partial charge in [0.25, 0.3) is 5.56 Å². The summed E-state index contributed by atoms with van der Waals surface area (Å²) in [5, 5.41) is 14.9. The van der Waals surface area contributed by atoms with Crippen molar-refractivity contribution in [3.05, 3.63) is 20.8 Å². The van der Waals surface area contributed by atoms with Gasteiger partial charge in [-0.25, -0.2) is 14.3 Å². The van der Waals surface area contributed by atoms with E-state index >= 15 is 0 Å². The number of nitrogens with one attached hydrogen (secondary N) is 1. The largest absolute Gasteiger partial charge is 0.480 e. The molecule has 0 unspecified atom stereocenters. The maximum Gasteiger partial charge on any atom is 0.346 e.